The Morgan fingerprint density at radius 2 is 1.89 bits per heavy atom. The Balaban J connectivity index is 0.000000640. The molecule has 0 aromatic rings. The van der Waals surface area contributed by atoms with Crippen molar-refractivity contribution in [3.63, 3.8) is 0 Å². The van der Waals surface area contributed by atoms with Crippen molar-refractivity contribution in [2.24, 2.45) is 0 Å². The second kappa shape index (κ2) is 3.40. The monoisotopic (exact) mass is 151 g/mol. The van der Waals surface area contributed by atoms with Gasteiger partial charge in [-0.3, -0.25) is 0 Å². The van der Waals surface area contributed by atoms with Crippen LogP contribution in [0.25, 0.3) is 0 Å². The van der Waals surface area contributed by atoms with Crippen LogP contribution in [-0.4, -0.2) is 36.2 Å². The first-order chi connectivity index (χ1) is 3.72. The van der Waals surface area contributed by atoms with Crippen LogP contribution in [0.5, 0.6) is 0 Å². The second-order valence-corrected chi connectivity index (χ2v) is 2.68. The SMILES string of the molecule is CN(C)[C@@H]1CC[C@H]1O.Cl. The maximum absolute atomic E-state index is 9.04. The normalized spacial score (nSPS) is 33.3. The average Bonchev–Trinajstić information content (AvgIpc) is 1.61. The summed E-state index contributed by atoms with van der Waals surface area (Å²) in [4.78, 5) is 2.08. The minimum Gasteiger partial charge on any atom is -0.391 e. The first-order valence-electron chi connectivity index (χ1n) is 3.06. The van der Waals surface area contributed by atoms with Crippen LogP contribution in [0.1, 0.15) is 12.8 Å². The Kier molecular flexibility index (Phi) is 3.48. The van der Waals surface area contributed by atoms with Gasteiger partial charge in [-0.25, -0.2) is 0 Å². The molecule has 0 amide bonds. The summed E-state index contributed by atoms with van der Waals surface area (Å²) in [7, 11) is 4.01. The fraction of sp³-hybridized carbons (Fsp3) is 1.00. The van der Waals surface area contributed by atoms with Gasteiger partial charge in [0.25, 0.3) is 0 Å². The molecule has 0 aliphatic heterocycles. The summed E-state index contributed by atoms with van der Waals surface area (Å²) in [5.41, 5.74) is 0. The van der Waals surface area contributed by atoms with Crippen LogP contribution in [0.4, 0.5) is 0 Å². The zero-order chi connectivity index (χ0) is 6.15. The second-order valence-electron chi connectivity index (χ2n) is 2.68. The summed E-state index contributed by atoms with van der Waals surface area (Å²) < 4.78 is 0. The van der Waals surface area contributed by atoms with E-state index in [0.29, 0.717) is 6.04 Å². The molecule has 0 unspecified atom stereocenters. The summed E-state index contributed by atoms with van der Waals surface area (Å²) in [6.07, 6.45) is 2.10. The van der Waals surface area contributed by atoms with Gasteiger partial charge in [0, 0.05) is 6.04 Å². The van der Waals surface area contributed by atoms with E-state index in [-0.39, 0.29) is 18.5 Å². The van der Waals surface area contributed by atoms with Crippen molar-refractivity contribution in [2.45, 2.75) is 25.0 Å². The third kappa shape index (κ3) is 1.81. The molecule has 1 rings (SSSR count). The Morgan fingerprint density at radius 3 is 1.89 bits per heavy atom. The minimum atomic E-state index is -0.0509. The predicted molar refractivity (Wildman–Crippen MR) is 40.0 cm³/mol. The molecule has 0 radical (unpaired) electrons. The minimum absolute atomic E-state index is 0. The highest BCUT2D eigenvalue weighted by Gasteiger charge is 2.29. The summed E-state index contributed by atoms with van der Waals surface area (Å²) in [6, 6.07) is 0.440. The fourth-order valence-corrected chi connectivity index (χ4v) is 1.07. The van der Waals surface area contributed by atoms with E-state index in [9.17, 15) is 0 Å². The molecule has 2 nitrogen and oxygen atoms in total. The molecule has 1 aliphatic rings. The molecule has 1 saturated carbocycles. The Bertz CT molecular complexity index is 82.4. The van der Waals surface area contributed by atoms with Crippen LogP contribution in [0, 0.1) is 0 Å². The van der Waals surface area contributed by atoms with Crippen LogP contribution in [0.15, 0.2) is 0 Å². The Labute approximate surface area is 62.3 Å². The molecule has 0 heterocycles. The van der Waals surface area contributed by atoms with Crippen molar-refractivity contribution in [1.29, 1.82) is 0 Å². The Hall–Kier alpha value is 0.210. The highest BCUT2D eigenvalue weighted by molar-refractivity contribution is 5.85. The van der Waals surface area contributed by atoms with Gasteiger partial charge in [-0.15, -0.1) is 12.4 Å². The third-order valence-corrected chi connectivity index (χ3v) is 1.87. The number of hydrogen-bond donors (Lipinski definition) is 1. The van der Waals surface area contributed by atoms with Gasteiger partial charge >= 0.3 is 0 Å². The predicted octanol–water partition coefficient (Wildman–Crippen LogP) is 0.493. The first-order valence-corrected chi connectivity index (χ1v) is 3.06. The van der Waals surface area contributed by atoms with Gasteiger partial charge in [0.15, 0.2) is 0 Å². The van der Waals surface area contributed by atoms with E-state index in [4.69, 9.17) is 5.11 Å². The number of likely N-dealkylation sites (N-methyl/N-ethyl adjacent to an activating group) is 1. The van der Waals surface area contributed by atoms with Crippen molar-refractivity contribution in [1.82, 2.24) is 4.90 Å². The zero-order valence-electron chi connectivity index (χ0n) is 5.87. The first kappa shape index (κ1) is 9.21. The third-order valence-electron chi connectivity index (χ3n) is 1.87. The largest absolute Gasteiger partial charge is 0.391 e. The number of halogens is 1. The van der Waals surface area contributed by atoms with Crippen molar-refractivity contribution in [3.05, 3.63) is 0 Å². The van der Waals surface area contributed by atoms with Crippen LogP contribution < -0.4 is 0 Å². The molecular weight excluding hydrogens is 138 g/mol. The summed E-state index contributed by atoms with van der Waals surface area (Å²) >= 11 is 0. The highest BCUT2D eigenvalue weighted by atomic mass is 35.5. The van der Waals surface area contributed by atoms with Gasteiger partial charge in [-0.2, -0.15) is 0 Å². The van der Waals surface area contributed by atoms with Crippen LogP contribution in [0.2, 0.25) is 0 Å². The smallest absolute Gasteiger partial charge is 0.0695 e. The van der Waals surface area contributed by atoms with Gasteiger partial charge in [-0.05, 0) is 26.9 Å². The quantitative estimate of drug-likeness (QED) is 0.590. The summed E-state index contributed by atoms with van der Waals surface area (Å²) in [5, 5.41) is 9.04. The highest BCUT2D eigenvalue weighted by Crippen LogP contribution is 2.22. The zero-order valence-corrected chi connectivity index (χ0v) is 6.69. The molecule has 1 aliphatic carbocycles. The topological polar surface area (TPSA) is 23.5 Å². The van der Waals surface area contributed by atoms with E-state index in [1.807, 2.05) is 14.1 Å². The lowest BCUT2D eigenvalue weighted by Crippen LogP contribution is -2.46. The lowest BCUT2D eigenvalue weighted by atomic mass is 9.88. The summed E-state index contributed by atoms with van der Waals surface area (Å²) in [5.74, 6) is 0. The fourth-order valence-electron chi connectivity index (χ4n) is 1.07. The van der Waals surface area contributed by atoms with Crippen LogP contribution in [-0.2, 0) is 0 Å². The number of aliphatic hydroxyl groups excluding tert-OH is 1. The molecule has 56 valence electrons. The maximum atomic E-state index is 9.04. The number of rotatable bonds is 1. The summed E-state index contributed by atoms with van der Waals surface area (Å²) in [6.45, 7) is 0. The molecule has 0 bridgehead atoms. The van der Waals surface area contributed by atoms with Gasteiger partial charge in [0.2, 0.25) is 0 Å². The van der Waals surface area contributed by atoms with Crippen molar-refractivity contribution in [2.75, 3.05) is 14.1 Å². The van der Waals surface area contributed by atoms with Crippen molar-refractivity contribution in [3.8, 4) is 0 Å². The van der Waals surface area contributed by atoms with E-state index in [1.54, 1.807) is 0 Å². The van der Waals surface area contributed by atoms with E-state index in [1.165, 1.54) is 0 Å². The van der Waals surface area contributed by atoms with E-state index < -0.39 is 0 Å². The van der Waals surface area contributed by atoms with Crippen molar-refractivity contribution >= 4 is 12.4 Å². The van der Waals surface area contributed by atoms with E-state index >= 15 is 0 Å². The molecule has 0 spiro atoms. The molecule has 1 N–H and O–H groups in total. The number of nitrogens with zero attached hydrogens (tertiary/aromatic N) is 1. The van der Waals surface area contributed by atoms with Crippen LogP contribution in [0.3, 0.4) is 0 Å². The maximum Gasteiger partial charge on any atom is 0.0695 e. The molecule has 0 aromatic heterocycles. The molecular formula is C6H14ClNO. The molecule has 3 heteroatoms. The molecule has 0 aromatic carbocycles. The van der Waals surface area contributed by atoms with Gasteiger partial charge in [0.1, 0.15) is 0 Å². The number of aliphatic hydroxyl groups is 1. The Morgan fingerprint density at radius 1 is 1.33 bits per heavy atom. The molecule has 9 heavy (non-hydrogen) atoms. The van der Waals surface area contributed by atoms with Gasteiger partial charge in [0.05, 0.1) is 6.10 Å². The lowest BCUT2D eigenvalue weighted by Gasteiger charge is -2.37. The number of hydrogen-bond acceptors (Lipinski definition) is 2. The van der Waals surface area contributed by atoms with E-state index in [0.717, 1.165) is 12.8 Å². The molecule has 2 atom stereocenters. The van der Waals surface area contributed by atoms with E-state index in [2.05, 4.69) is 4.90 Å². The lowest BCUT2D eigenvalue weighted by molar-refractivity contribution is 0.000766. The van der Waals surface area contributed by atoms with Gasteiger partial charge < -0.3 is 10.0 Å². The van der Waals surface area contributed by atoms with Crippen molar-refractivity contribution < 1.29 is 5.11 Å². The average molecular weight is 152 g/mol. The van der Waals surface area contributed by atoms with Crippen LogP contribution >= 0.6 is 12.4 Å². The van der Waals surface area contributed by atoms with Gasteiger partial charge in [-0.1, -0.05) is 0 Å². The molecule has 0 saturated heterocycles. The molecule has 1 fully saturated rings. The standard InChI is InChI=1S/C6H13NO.ClH/c1-7(2)5-3-4-6(5)8;/h5-6,8H,3-4H2,1-2H3;1H/t5-,6-;/m1./s1.